The average Bonchev–Trinajstić information content (AvgIpc) is 1.95. The summed E-state index contributed by atoms with van der Waals surface area (Å²) in [5.74, 6) is 0. The van der Waals surface area contributed by atoms with Gasteiger partial charge in [0.1, 0.15) is 0 Å². The van der Waals surface area contributed by atoms with E-state index in [4.69, 9.17) is 20.4 Å². The summed E-state index contributed by atoms with van der Waals surface area (Å²) in [6.07, 6.45) is 0. The zero-order chi connectivity index (χ0) is 7.33. The molecule has 0 heterocycles. The van der Waals surface area contributed by atoms with Gasteiger partial charge in [-0.3, -0.25) is 0 Å². The minimum atomic E-state index is -1.11. The van der Waals surface area contributed by atoms with E-state index < -0.39 is 31.8 Å². The van der Waals surface area contributed by atoms with Crippen molar-refractivity contribution >= 4 is 24.4 Å². The summed E-state index contributed by atoms with van der Waals surface area (Å²) in [4.78, 5) is 0. The molecule has 0 aliphatic carbocycles. The quantitative estimate of drug-likeness (QED) is 0.422. The number of aliphatic hydroxyl groups excluding tert-OH is 4. The van der Waals surface area contributed by atoms with Crippen LogP contribution in [0.15, 0.2) is 0 Å². The van der Waals surface area contributed by atoms with E-state index >= 15 is 0 Å². The van der Waals surface area contributed by atoms with Crippen molar-refractivity contribution in [2.45, 2.75) is 0 Å². The SMILES string of the molecule is OCC(CO)(CO)CO.[Sb]. The third-order valence-electron chi connectivity index (χ3n) is 1.34. The second-order valence-electron chi connectivity index (χ2n) is 2.13. The van der Waals surface area contributed by atoms with Crippen molar-refractivity contribution in [1.29, 1.82) is 0 Å². The molecule has 0 aromatic carbocycles. The van der Waals surface area contributed by atoms with E-state index in [0.29, 0.717) is 0 Å². The standard InChI is InChI=1S/C5H12O4.Sb/c6-1-5(2-7,3-8)4-9;/h6-9H,1-4H2;. The topological polar surface area (TPSA) is 80.9 Å². The Kier molecular flexibility index (Phi) is 8.45. The Bertz CT molecular complexity index is 56.5. The van der Waals surface area contributed by atoms with Crippen molar-refractivity contribution in [1.82, 2.24) is 0 Å². The third kappa shape index (κ3) is 3.17. The van der Waals surface area contributed by atoms with E-state index in [1.165, 1.54) is 0 Å². The van der Waals surface area contributed by atoms with Crippen molar-refractivity contribution in [2.24, 2.45) is 5.41 Å². The van der Waals surface area contributed by atoms with Crippen LogP contribution in [0.3, 0.4) is 0 Å². The molecular weight excluding hydrogens is 246 g/mol. The van der Waals surface area contributed by atoms with Crippen molar-refractivity contribution in [2.75, 3.05) is 26.4 Å². The first kappa shape index (κ1) is 13.3. The Balaban J connectivity index is 0. The van der Waals surface area contributed by atoms with Crippen LogP contribution in [-0.4, -0.2) is 71.3 Å². The second kappa shape index (κ2) is 6.37. The molecule has 0 aliphatic heterocycles. The van der Waals surface area contributed by atoms with Crippen LogP contribution in [0.25, 0.3) is 0 Å². The molecule has 0 saturated carbocycles. The summed E-state index contributed by atoms with van der Waals surface area (Å²) < 4.78 is 0. The molecule has 4 nitrogen and oxygen atoms in total. The van der Waals surface area contributed by atoms with Crippen LogP contribution >= 0.6 is 0 Å². The van der Waals surface area contributed by atoms with Gasteiger partial charge in [-0.05, 0) is 0 Å². The Labute approximate surface area is 76.9 Å². The first-order chi connectivity index (χ1) is 4.24. The molecule has 0 aromatic rings. The van der Waals surface area contributed by atoms with Gasteiger partial charge in [-0.1, -0.05) is 0 Å². The van der Waals surface area contributed by atoms with Gasteiger partial charge in [-0.2, -0.15) is 0 Å². The summed E-state index contributed by atoms with van der Waals surface area (Å²) in [5, 5.41) is 34.0. The molecule has 0 fully saturated rings. The molecule has 0 rings (SSSR count). The molecule has 5 heteroatoms. The Morgan fingerprint density at radius 3 is 0.900 bits per heavy atom. The molecule has 0 atom stereocenters. The van der Waals surface area contributed by atoms with Gasteiger partial charge in [-0.25, -0.2) is 0 Å². The molecule has 4 N–H and O–H groups in total. The summed E-state index contributed by atoms with van der Waals surface area (Å²) >= 11 is 0. The van der Waals surface area contributed by atoms with Gasteiger partial charge in [0.05, 0.1) is 31.8 Å². The summed E-state index contributed by atoms with van der Waals surface area (Å²) in [5.41, 5.74) is -1.11. The van der Waals surface area contributed by atoms with Crippen LogP contribution in [0.2, 0.25) is 0 Å². The van der Waals surface area contributed by atoms with Gasteiger partial charge >= 0.3 is 0 Å². The third-order valence-corrected chi connectivity index (χ3v) is 1.34. The summed E-state index contributed by atoms with van der Waals surface area (Å²) in [6, 6.07) is 0. The number of rotatable bonds is 4. The zero-order valence-corrected chi connectivity index (χ0v) is 8.12. The van der Waals surface area contributed by atoms with E-state index in [9.17, 15) is 0 Å². The number of hydrogen-bond acceptors (Lipinski definition) is 4. The van der Waals surface area contributed by atoms with E-state index in [0.717, 1.165) is 0 Å². The maximum absolute atomic E-state index is 8.50. The molecular formula is C5H12O4Sb. The molecule has 3 radical (unpaired) electrons. The molecule has 0 bridgehead atoms. The predicted octanol–water partition coefficient (Wildman–Crippen LogP) is -2.44. The Morgan fingerprint density at radius 2 is 0.900 bits per heavy atom. The van der Waals surface area contributed by atoms with Gasteiger partial charge in [0.2, 0.25) is 0 Å². The van der Waals surface area contributed by atoms with Crippen LogP contribution in [0.5, 0.6) is 0 Å². The summed E-state index contributed by atoms with van der Waals surface area (Å²) in [7, 11) is 0. The fraction of sp³-hybridized carbons (Fsp3) is 1.00. The average molecular weight is 258 g/mol. The zero-order valence-electron chi connectivity index (χ0n) is 5.56. The minimum absolute atomic E-state index is 0. The van der Waals surface area contributed by atoms with E-state index in [-0.39, 0.29) is 24.4 Å². The number of aliphatic hydroxyl groups is 4. The predicted molar refractivity (Wildman–Crippen MR) is 36.5 cm³/mol. The Hall–Kier alpha value is 0.658. The van der Waals surface area contributed by atoms with E-state index in [1.807, 2.05) is 0 Å². The molecule has 0 spiro atoms. The van der Waals surface area contributed by atoms with Gasteiger partial charge < -0.3 is 20.4 Å². The fourth-order valence-corrected chi connectivity index (χ4v) is 0.300. The maximum Gasteiger partial charge on any atom is 0.0627 e. The maximum atomic E-state index is 8.50. The molecule has 0 amide bonds. The first-order valence-electron chi connectivity index (χ1n) is 2.68. The molecule has 0 saturated heterocycles. The van der Waals surface area contributed by atoms with Crippen molar-refractivity contribution in [3.63, 3.8) is 0 Å². The molecule has 0 unspecified atom stereocenters. The van der Waals surface area contributed by atoms with Crippen LogP contribution in [-0.2, 0) is 0 Å². The van der Waals surface area contributed by atoms with Gasteiger partial charge in [0.15, 0.2) is 0 Å². The minimum Gasteiger partial charge on any atom is -0.396 e. The van der Waals surface area contributed by atoms with E-state index in [2.05, 4.69) is 0 Å². The molecule has 61 valence electrons. The van der Waals surface area contributed by atoms with Crippen LogP contribution in [0.1, 0.15) is 0 Å². The van der Waals surface area contributed by atoms with E-state index in [1.54, 1.807) is 0 Å². The van der Waals surface area contributed by atoms with Crippen LogP contribution < -0.4 is 0 Å². The monoisotopic (exact) mass is 257 g/mol. The number of hydrogen-bond donors (Lipinski definition) is 4. The van der Waals surface area contributed by atoms with Crippen LogP contribution in [0, 0.1) is 5.41 Å². The van der Waals surface area contributed by atoms with Crippen molar-refractivity contribution in [3.8, 4) is 0 Å². The fourth-order valence-electron chi connectivity index (χ4n) is 0.300. The smallest absolute Gasteiger partial charge is 0.0627 e. The molecule has 10 heavy (non-hydrogen) atoms. The Morgan fingerprint density at radius 1 is 0.700 bits per heavy atom. The largest absolute Gasteiger partial charge is 0.396 e. The van der Waals surface area contributed by atoms with Gasteiger partial charge in [0.25, 0.3) is 0 Å². The van der Waals surface area contributed by atoms with Crippen molar-refractivity contribution < 1.29 is 20.4 Å². The second-order valence-corrected chi connectivity index (χ2v) is 2.13. The van der Waals surface area contributed by atoms with Crippen LogP contribution in [0.4, 0.5) is 0 Å². The van der Waals surface area contributed by atoms with Gasteiger partial charge in [0, 0.05) is 24.4 Å². The van der Waals surface area contributed by atoms with Gasteiger partial charge in [-0.15, -0.1) is 0 Å². The normalized spacial score (nSPS) is 10.8. The molecule has 0 aromatic heterocycles. The van der Waals surface area contributed by atoms with Crippen molar-refractivity contribution in [3.05, 3.63) is 0 Å². The summed E-state index contributed by atoms with van der Waals surface area (Å²) in [6.45, 7) is -1.62. The first-order valence-corrected chi connectivity index (χ1v) is 2.68. The molecule has 0 aliphatic rings.